The molecular weight excluding hydrogens is 260 g/mol. The Labute approximate surface area is 115 Å². The number of aromatic hydroxyl groups is 1. The standard InChI is InChI=1S/C15H11ClN2O/c1-9-6-14(19)12(16)7-11(9)15-10-4-2-3-5-13(10)17-8-18-15/h2-8,19H,1H3. The number of rotatable bonds is 1. The van der Waals surface area contributed by atoms with Crippen molar-refractivity contribution in [3.8, 4) is 17.0 Å². The predicted molar refractivity (Wildman–Crippen MR) is 76.4 cm³/mol. The molecule has 0 aliphatic rings. The minimum absolute atomic E-state index is 0.0845. The van der Waals surface area contributed by atoms with E-state index in [2.05, 4.69) is 9.97 Å². The summed E-state index contributed by atoms with van der Waals surface area (Å²) in [7, 11) is 0. The van der Waals surface area contributed by atoms with Crippen LogP contribution in [-0.2, 0) is 0 Å². The van der Waals surface area contributed by atoms with Gasteiger partial charge in [0, 0.05) is 10.9 Å². The Hall–Kier alpha value is -2.13. The number of hydrogen-bond donors (Lipinski definition) is 1. The van der Waals surface area contributed by atoms with Crippen molar-refractivity contribution >= 4 is 22.5 Å². The van der Waals surface area contributed by atoms with Crippen LogP contribution in [0.5, 0.6) is 5.75 Å². The van der Waals surface area contributed by atoms with E-state index in [1.807, 2.05) is 31.2 Å². The minimum Gasteiger partial charge on any atom is -0.506 e. The van der Waals surface area contributed by atoms with Gasteiger partial charge in [-0.1, -0.05) is 29.8 Å². The molecule has 1 heterocycles. The summed E-state index contributed by atoms with van der Waals surface area (Å²) in [6.07, 6.45) is 1.54. The highest BCUT2D eigenvalue weighted by Gasteiger charge is 2.11. The van der Waals surface area contributed by atoms with E-state index >= 15 is 0 Å². The quantitative estimate of drug-likeness (QED) is 0.728. The normalized spacial score (nSPS) is 10.8. The molecule has 0 saturated carbocycles. The molecule has 0 radical (unpaired) electrons. The summed E-state index contributed by atoms with van der Waals surface area (Å²) in [5, 5.41) is 10.9. The second kappa shape index (κ2) is 4.52. The summed E-state index contributed by atoms with van der Waals surface area (Å²) in [5.74, 6) is 0.0845. The van der Waals surface area contributed by atoms with Crippen LogP contribution in [-0.4, -0.2) is 15.1 Å². The molecule has 0 saturated heterocycles. The van der Waals surface area contributed by atoms with E-state index in [9.17, 15) is 5.11 Å². The van der Waals surface area contributed by atoms with Gasteiger partial charge in [0.2, 0.25) is 0 Å². The highest BCUT2D eigenvalue weighted by Crippen LogP contribution is 2.34. The number of phenols is 1. The van der Waals surface area contributed by atoms with Crippen molar-refractivity contribution in [3.05, 3.63) is 53.3 Å². The molecule has 3 nitrogen and oxygen atoms in total. The SMILES string of the molecule is Cc1cc(O)c(Cl)cc1-c1ncnc2ccccc12. The Morgan fingerprint density at radius 1 is 1.11 bits per heavy atom. The van der Waals surface area contributed by atoms with Crippen LogP contribution in [0.1, 0.15) is 5.56 Å². The molecule has 3 aromatic rings. The fourth-order valence-electron chi connectivity index (χ4n) is 2.14. The maximum Gasteiger partial charge on any atom is 0.134 e. The number of phenolic OH excluding ortho intramolecular Hbond substituents is 1. The van der Waals surface area contributed by atoms with Gasteiger partial charge in [-0.15, -0.1) is 0 Å². The Bertz CT molecular complexity index is 766. The second-order valence-corrected chi connectivity index (χ2v) is 4.77. The lowest BCUT2D eigenvalue weighted by molar-refractivity contribution is 0.475. The lowest BCUT2D eigenvalue weighted by Gasteiger charge is -2.09. The second-order valence-electron chi connectivity index (χ2n) is 4.36. The summed E-state index contributed by atoms with van der Waals surface area (Å²) in [6, 6.07) is 11.2. The van der Waals surface area contributed by atoms with E-state index in [-0.39, 0.29) is 5.75 Å². The van der Waals surface area contributed by atoms with Crippen LogP contribution in [0, 0.1) is 6.92 Å². The summed E-state index contributed by atoms with van der Waals surface area (Å²) in [4.78, 5) is 8.60. The zero-order valence-electron chi connectivity index (χ0n) is 10.3. The summed E-state index contributed by atoms with van der Waals surface area (Å²) in [5.41, 5.74) is 3.54. The third kappa shape index (κ3) is 2.02. The highest BCUT2D eigenvalue weighted by molar-refractivity contribution is 6.32. The van der Waals surface area contributed by atoms with Crippen LogP contribution in [0.15, 0.2) is 42.7 Å². The Kier molecular flexibility index (Phi) is 2.84. The molecule has 2 aromatic carbocycles. The molecule has 0 fully saturated rings. The lowest BCUT2D eigenvalue weighted by atomic mass is 10.0. The number of para-hydroxylation sites is 1. The van der Waals surface area contributed by atoms with Gasteiger partial charge in [0.1, 0.15) is 12.1 Å². The van der Waals surface area contributed by atoms with Crippen LogP contribution in [0.2, 0.25) is 5.02 Å². The number of aromatic nitrogens is 2. The maximum absolute atomic E-state index is 9.62. The van der Waals surface area contributed by atoms with E-state index in [0.29, 0.717) is 5.02 Å². The molecule has 1 aromatic heterocycles. The van der Waals surface area contributed by atoms with E-state index < -0.39 is 0 Å². The van der Waals surface area contributed by atoms with Crippen molar-refractivity contribution in [1.29, 1.82) is 0 Å². The van der Waals surface area contributed by atoms with Crippen LogP contribution >= 0.6 is 11.6 Å². The topological polar surface area (TPSA) is 46.0 Å². The number of nitrogens with zero attached hydrogens (tertiary/aromatic N) is 2. The molecule has 0 atom stereocenters. The van der Waals surface area contributed by atoms with E-state index in [0.717, 1.165) is 27.7 Å². The Morgan fingerprint density at radius 2 is 1.89 bits per heavy atom. The maximum atomic E-state index is 9.62. The first-order valence-electron chi connectivity index (χ1n) is 5.86. The molecule has 94 valence electrons. The van der Waals surface area contributed by atoms with Crippen molar-refractivity contribution in [1.82, 2.24) is 9.97 Å². The molecule has 0 amide bonds. The van der Waals surface area contributed by atoms with Gasteiger partial charge in [0.15, 0.2) is 0 Å². The van der Waals surface area contributed by atoms with Gasteiger partial charge in [-0.25, -0.2) is 9.97 Å². The third-order valence-electron chi connectivity index (χ3n) is 3.09. The molecule has 0 aliphatic carbocycles. The zero-order valence-corrected chi connectivity index (χ0v) is 11.0. The lowest BCUT2D eigenvalue weighted by Crippen LogP contribution is -1.91. The van der Waals surface area contributed by atoms with Crippen molar-refractivity contribution in [2.75, 3.05) is 0 Å². The van der Waals surface area contributed by atoms with Gasteiger partial charge in [-0.3, -0.25) is 0 Å². The first kappa shape index (κ1) is 11.9. The van der Waals surface area contributed by atoms with Gasteiger partial charge >= 0.3 is 0 Å². The van der Waals surface area contributed by atoms with E-state index in [1.54, 1.807) is 12.1 Å². The van der Waals surface area contributed by atoms with Crippen LogP contribution in [0.4, 0.5) is 0 Å². The van der Waals surface area contributed by atoms with Crippen molar-refractivity contribution in [3.63, 3.8) is 0 Å². The minimum atomic E-state index is 0.0845. The van der Waals surface area contributed by atoms with Crippen molar-refractivity contribution in [2.45, 2.75) is 6.92 Å². The molecule has 0 spiro atoms. The van der Waals surface area contributed by atoms with Gasteiger partial charge in [0.05, 0.1) is 16.2 Å². The van der Waals surface area contributed by atoms with Crippen molar-refractivity contribution < 1.29 is 5.11 Å². The average molecular weight is 271 g/mol. The zero-order chi connectivity index (χ0) is 13.4. The monoisotopic (exact) mass is 270 g/mol. The van der Waals surface area contributed by atoms with Gasteiger partial charge in [0.25, 0.3) is 0 Å². The molecule has 0 unspecified atom stereocenters. The van der Waals surface area contributed by atoms with Crippen LogP contribution in [0.25, 0.3) is 22.2 Å². The number of hydrogen-bond acceptors (Lipinski definition) is 3. The number of aryl methyl sites for hydroxylation is 1. The fourth-order valence-corrected chi connectivity index (χ4v) is 2.30. The number of halogens is 1. The molecular formula is C15H11ClN2O. The number of benzene rings is 2. The van der Waals surface area contributed by atoms with Gasteiger partial charge < -0.3 is 5.11 Å². The highest BCUT2D eigenvalue weighted by atomic mass is 35.5. The van der Waals surface area contributed by atoms with Crippen LogP contribution in [0.3, 0.4) is 0 Å². The summed E-state index contributed by atoms with van der Waals surface area (Å²) < 4.78 is 0. The molecule has 4 heteroatoms. The molecule has 19 heavy (non-hydrogen) atoms. The van der Waals surface area contributed by atoms with E-state index in [4.69, 9.17) is 11.6 Å². The number of fused-ring (bicyclic) bond motifs is 1. The molecule has 1 N–H and O–H groups in total. The fraction of sp³-hybridized carbons (Fsp3) is 0.0667. The van der Waals surface area contributed by atoms with Gasteiger partial charge in [-0.05, 0) is 30.7 Å². The Balaban J connectivity index is 2.33. The largest absolute Gasteiger partial charge is 0.506 e. The third-order valence-corrected chi connectivity index (χ3v) is 3.39. The molecule has 3 rings (SSSR count). The Morgan fingerprint density at radius 3 is 2.74 bits per heavy atom. The predicted octanol–water partition coefficient (Wildman–Crippen LogP) is 3.96. The molecule has 0 aliphatic heterocycles. The average Bonchev–Trinajstić information content (AvgIpc) is 2.42. The first-order valence-corrected chi connectivity index (χ1v) is 6.24. The van der Waals surface area contributed by atoms with Crippen molar-refractivity contribution in [2.24, 2.45) is 0 Å². The smallest absolute Gasteiger partial charge is 0.134 e. The molecule has 0 bridgehead atoms. The first-order chi connectivity index (χ1) is 9.16. The van der Waals surface area contributed by atoms with Crippen LogP contribution < -0.4 is 0 Å². The summed E-state index contributed by atoms with van der Waals surface area (Å²) >= 11 is 5.99. The summed E-state index contributed by atoms with van der Waals surface area (Å²) in [6.45, 7) is 1.92. The van der Waals surface area contributed by atoms with E-state index in [1.165, 1.54) is 6.33 Å². The van der Waals surface area contributed by atoms with Gasteiger partial charge in [-0.2, -0.15) is 0 Å².